The van der Waals surface area contributed by atoms with Crippen LogP contribution in [0.4, 0.5) is 0 Å². The highest BCUT2D eigenvalue weighted by molar-refractivity contribution is 7.09. The number of amides is 2. The van der Waals surface area contributed by atoms with Crippen LogP contribution in [0.3, 0.4) is 0 Å². The van der Waals surface area contributed by atoms with Crippen LogP contribution in [-0.2, 0) is 22.6 Å². The lowest BCUT2D eigenvalue weighted by Crippen LogP contribution is -2.41. The van der Waals surface area contributed by atoms with E-state index in [4.69, 9.17) is 9.47 Å². The normalized spacial score (nSPS) is 15.7. The van der Waals surface area contributed by atoms with Crippen LogP contribution >= 0.6 is 11.3 Å². The minimum absolute atomic E-state index is 0.000253. The molecule has 0 fully saturated rings. The quantitative estimate of drug-likeness (QED) is 0.805. The summed E-state index contributed by atoms with van der Waals surface area (Å²) in [6.45, 7) is 5.80. The number of para-hydroxylation sites is 1. The Hall–Kier alpha value is -2.61. The van der Waals surface area contributed by atoms with Crippen LogP contribution in [0.15, 0.2) is 23.6 Å². The van der Waals surface area contributed by atoms with Crippen LogP contribution in [0.5, 0.6) is 11.5 Å². The van der Waals surface area contributed by atoms with E-state index in [0.29, 0.717) is 31.3 Å². The number of benzene rings is 1. The first kappa shape index (κ1) is 22.1. The van der Waals surface area contributed by atoms with E-state index >= 15 is 0 Å². The van der Waals surface area contributed by atoms with Crippen molar-refractivity contribution in [3.63, 3.8) is 0 Å². The van der Waals surface area contributed by atoms with Gasteiger partial charge in [-0.1, -0.05) is 12.1 Å². The molecule has 1 aliphatic rings. The van der Waals surface area contributed by atoms with Crippen molar-refractivity contribution in [2.75, 3.05) is 26.3 Å². The van der Waals surface area contributed by atoms with Gasteiger partial charge in [0.1, 0.15) is 0 Å². The zero-order valence-corrected chi connectivity index (χ0v) is 18.4. The second kappa shape index (κ2) is 11.0. The molecule has 1 aromatic heterocycles. The Morgan fingerprint density at radius 3 is 2.93 bits per heavy atom. The van der Waals surface area contributed by atoms with E-state index < -0.39 is 0 Å². The summed E-state index contributed by atoms with van der Waals surface area (Å²) < 4.78 is 11.8. The fourth-order valence-corrected chi connectivity index (χ4v) is 3.96. The molecule has 0 atom stereocenters. The lowest BCUT2D eigenvalue weighted by atomic mass is 10.1. The van der Waals surface area contributed by atoms with E-state index in [0.717, 1.165) is 35.5 Å². The van der Waals surface area contributed by atoms with Crippen LogP contribution in [0, 0.1) is 6.92 Å². The highest BCUT2D eigenvalue weighted by Crippen LogP contribution is 2.33. The van der Waals surface area contributed by atoms with Crippen LogP contribution in [-0.4, -0.2) is 48.0 Å². The Balaban J connectivity index is 1.87. The summed E-state index contributed by atoms with van der Waals surface area (Å²) in [6, 6.07) is 5.68. The average molecular weight is 432 g/mol. The van der Waals surface area contributed by atoms with Crippen molar-refractivity contribution in [1.82, 2.24) is 15.2 Å². The van der Waals surface area contributed by atoms with Gasteiger partial charge in [-0.25, -0.2) is 4.98 Å². The third-order valence-electron chi connectivity index (χ3n) is 4.80. The van der Waals surface area contributed by atoms with Crippen molar-refractivity contribution in [3.8, 4) is 11.5 Å². The summed E-state index contributed by atoms with van der Waals surface area (Å²) >= 11 is 1.51. The van der Waals surface area contributed by atoms with Crippen molar-refractivity contribution in [1.29, 1.82) is 0 Å². The third kappa shape index (κ3) is 6.19. The van der Waals surface area contributed by atoms with Crippen LogP contribution in [0.1, 0.15) is 42.5 Å². The van der Waals surface area contributed by atoms with E-state index in [9.17, 15) is 9.59 Å². The van der Waals surface area contributed by atoms with Crippen molar-refractivity contribution < 1.29 is 19.1 Å². The molecular weight excluding hydrogens is 402 g/mol. The first-order valence-corrected chi connectivity index (χ1v) is 11.3. The Labute approximate surface area is 181 Å². The Bertz CT molecular complexity index is 868. The predicted octanol–water partition coefficient (Wildman–Crippen LogP) is 3.10. The number of hydrogen-bond acceptors (Lipinski definition) is 6. The largest absolute Gasteiger partial charge is 0.490 e. The summed E-state index contributed by atoms with van der Waals surface area (Å²) in [5, 5.41) is 5.72. The van der Waals surface area contributed by atoms with Gasteiger partial charge in [-0.15, -0.1) is 11.3 Å². The van der Waals surface area contributed by atoms with Gasteiger partial charge in [0.2, 0.25) is 11.8 Å². The number of aromatic nitrogens is 1. The Kier molecular flexibility index (Phi) is 8.07. The van der Waals surface area contributed by atoms with Gasteiger partial charge in [-0.05, 0) is 39.2 Å². The molecule has 1 aromatic carbocycles. The van der Waals surface area contributed by atoms with E-state index in [2.05, 4.69) is 10.3 Å². The van der Waals surface area contributed by atoms with Crippen molar-refractivity contribution in [2.24, 2.45) is 0 Å². The molecule has 0 saturated heterocycles. The van der Waals surface area contributed by atoms with Gasteiger partial charge in [-0.3, -0.25) is 9.59 Å². The first-order chi connectivity index (χ1) is 14.6. The van der Waals surface area contributed by atoms with E-state index in [1.165, 1.54) is 11.3 Å². The molecule has 1 N–H and O–H groups in total. The highest BCUT2D eigenvalue weighted by Gasteiger charge is 2.22. The fourth-order valence-electron chi connectivity index (χ4n) is 3.35. The molecule has 0 unspecified atom stereocenters. The lowest BCUT2D eigenvalue weighted by Gasteiger charge is -2.24. The SMILES string of the molecule is CCOc1cccc2c1OCCCCCNC(=O)CN(C(=O)Cc1csc(C)n1)C2. The van der Waals surface area contributed by atoms with E-state index in [-0.39, 0.29) is 31.3 Å². The van der Waals surface area contributed by atoms with Crippen molar-refractivity contribution >= 4 is 23.2 Å². The topological polar surface area (TPSA) is 80.8 Å². The maximum atomic E-state index is 13.1. The molecule has 2 amide bonds. The number of nitrogens with zero attached hydrogens (tertiary/aromatic N) is 2. The van der Waals surface area contributed by atoms with E-state index in [1.54, 1.807) is 4.90 Å². The number of carbonyl (C=O) groups is 2. The zero-order valence-electron chi connectivity index (χ0n) is 17.6. The highest BCUT2D eigenvalue weighted by atomic mass is 32.1. The molecule has 2 heterocycles. The average Bonchev–Trinajstić information content (AvgIpc) is 3.13. The van der Waals surface area contributed by atoms with Crippen LogP contribution in [0.2, 0.25) is 0 Å². The molecule has 8 heteroatoms. The number of hydrogen-bond donors (Lipinski definition) is 1. The van der Waals surface area contributed by atoms with Crippen molar-refractivity contribution in [2.45, 2.75) is 46.1 Å². The molecule has 0 saturated carbocycles. The number of rotatable bonds is 4. The molecule has 7 nitrogen and oxygen atoms in total. The number of fused-ring (bicyclic) bond motifs is 1. The van der Waals surface area contributed by atoms with Gasteiger partial charge < -0.3 is 19.7 Å². The standard InChI is InChI=1S/C22H29N3O4S/c1-3-28-19-9-7-8-17-13-25(21(27)12-18-15-30-16(2)24-18)14-20(26)23-10-5-4-6-11-29-22(17)19/h7-9,15H,3-6,10-14H2,1-2H3,(H,23,26). The van der Waals surface area contributed by atoms with Gasteiger partial charge in [0.15, 0.2) is 11.5 Å². The zero-order chi connectivity index (χ0) is 21.3. The van der Waals surface area contributed by atoms with Gasteiger partial charge in [-0.2, -0.15) is 0 Å². The van der Waals surface area contributed by atoms with Crippen LogP contribution < -0.4 is 14.8 Å². The third-order valence-corrected chi connectivity index (χ3v) is 5.62. The lowest BCUT2D eigenvalue weighted by molar-refractivity contribution is -0.136. The molecule has 3 rings (SSSR count). The maximum absolute atomic E-state index is 13.1. The summed E-state index contributed by atoms with van der Waals surface area (Å²) in [7, 11) is 0. The van der Waals surface area contributed by atoms with Gasteiger partial charge in [0.05, 0.1) is 43.4 Å². The second-order valence-corrected chi connectivity index (χ2v) is 8.28. The van der Waals surface area contributed by atoms with Gasteiger partial charge in [0, 0.05) is 17.5 Å². The first-order valence-electron chi connectivity index (χ1n) is 10.4. The summed E-state index contributed by atoms with van der Waals surface area (Å²) in [6.07, 6.45) is 2.89. The Morgan fingerprint density at radius 1 is 1.30 bits per heavy atom. The molecule has 2 aromatic rings. The Morgan fingerprint density at radius 2 is 2.17 bits per heavy atom. The number of aryl methyl sites for hydroxylation is 1. The minimum Gasteiger partial charge on any atom is -0.490 e. The molecule has 0 aliphatic carbocycles. The molecule has 0 bridgehead atoms. The number of nitrogens with one attached hydrogen (secondary N) is 1. The number of ether oxygens (including phenoxy) is 2. The number of thiazole rings is 1. The van der Waals surface area contributed by atoms with Gasteiger partial charge in [0.25, 0.3) is 0 Å². The molecule has 0 spiro atoms. The molecule has 0 radical (unpaired) electrons. The molecular formula is C22H29N3O4S. The predicted molar refractivity (Wildman–Crippen MR) is 116 cm³/mol. The summed E-state index contributed by atoms with van der Waals surface area (Å²) in [5.74, 6) is 1.02. The summed E-state index contributed by atoms with van der Waals surface area (Å²) in [5.41, 5.74) is 1.56. The number of carbonyl (C=O) groups excluding carboxylic acids is 2. The molecule has 30 heavy (non-hydrogen) atoms. The minimum atomic E-state index is -0.152. The van der Waals surface area contributed by atoms with Gasteiger partial charge >= 0.3 is 0 Å². The molecule has 1 aliphatic heterocycles. The summed E-state index contributed by atoms with van der Waals surface area (Å²) in [4.78, 5) is 31.5. The van der Waals surface area contributed by atoms with E-state index in [1.807, 2.05) is 37.4 Å². The smallest absolute Gasteiger partial charge is 0.239 e. The maximum Gasteiger partial charge on any atom is 0.239 e. The fraction of sp³-hybridized carbons (Fsp3) is 0.500. The molecule has 162 valence electrons. The monoisotopic (exact) mass is 431 g/mol. The van der Waals surface area contributed by atoms with Crippen LogP contribution in [0.25, 0.3) is 0 Å². The van der Waals surface area contributed by atoms with Crippen molar-refractivity contribution in [3.05, 3.63) is 39.8 Å². The second-order valence-electron chi connectivity index (χ2n) is 7.22.